The maximum atomic E-state index is 9.88. The van der Waals surface area contributed by atoms with Crippen LogP contribution in [-0.2, 0) is 0 Å². The summed E-state index contributed by atoms with van der Waals surface area (Å²) < 4.78 is 0. The number of hydrogen-bond donors (Lipinski definition) is 1. The topological polar surface area (TPSA) is 20.2 Å². The van der Waals surface area contributed by atoms with E-state index in [9.17, 15) is 5.11 Å². The highest BCUT2D eigenvalue weighted by atomic mass is 79.9. The van der Waals surface area contributed by atoms with Gasteiger partial charge in [-0.3, -0.25) is 0 Å². The van der Waals surface area contributed by atoms with Crippen molar-refractivity contribution in [3.8, 4) is 0 Å². The van der Waals surface area contributed by atoms with Crippen LogP contribution in [-0.4, -0.2) is 11.2 Å². The molecule has 2 fully saturated rings. The number of aliphatic hydroxyl groups is 1. The molecule has 2 saturated carbocycles. The smallest absolute Gasteiger partial charge is 0.0545 e. The number of aliphatic hydroxyl groups excluding tert-OH is 1. The quantitative estimate of drug-likeness (QED) is 0.769. The molecule has 0 spiro atoms. The molecule has 2 heteroatoms. The number of allylic oxidation sites excluding steroid dienone is 1. The Balaban J connectivity index is 2.27. The maximum Gasteiger partial charge on any atom is 0.0545 e. The van der Waals surface area contributed by atoms with Gasteiger partial charge in [-0.1, -0.05) is 28.4 Å². The molecule has 1 N–H and O–H groups in total. The molecule has 0 aromatic heterocycles. The van der Waals surface area contributed by atoms with Gasteiger partial charge >= 0.3 is 0 Å². The third-order valence-electron chi connectivity index (χ3n) is 4.76. The Hall–Kier alpha value is 0.180. The second-order valence-electron chi connectivity index (χ2n) is 5.52. The predicted molar refractivity (Wildman–Crippen MR) is 66.9 cm³/mol. The summed E-state index contributed by atoms with van der Waals surface area (Å²) in [5, 5.41) is 9.88. The fraction of sp³-hybridized carbons (Fsp3) is 0.846. The van der Waals surface area contributed by atoms with Crippen LogP contribution >= 0.6 is 15.9 Å². The van der Waals surface area contributed by atoms with Gasteiger partial charge in [0.1, 0.15) is 0 Å². The highest BCUT2D eigenvalue weighted by molar-refractivity contribution is 9.11. The van der Waals surface area contributed by atoms with Crippen LogP contribution in [0.25, 0.3) is 0 Å². The zero-order chi connectivity index (χ0) is 11.1. The van der Waals surface area contributed by atoms with Crippen molar-refractivity contribution in [2.45, 2.75) is 52.1 Å². The van der Waals surface area contributed by atoms with Crippen LogP contribution in [0, 0.1) is 17.3 Å². The third kappa shape index (κ3) is 1.80. The van der Waals surface area contributed by atoms with E-state index < -0.39 is 0 Å². The summed E-state index contributed by atoms with van der Waals surface area (Å²) in [7, 11) is 0. The number of halogens is 1. The minimum Gasteiger partial charge on any atom is -0.393 e. The number of hydrogen-bond acceptors (Lipinski definition) is 1. The van der Waals surface area contributed by atoms with Crippen LogP contribution in [0.3, 0.4) is 0 Å². The van der Waals surface area contributed by atoms with Crippen LogP contribution in [0.1, 0.15) is 46.0 Å². The zero-order valence-electron chi connectivity index (χ0n) is 9.67. The van der Waals surface area contributed by atoms with Crippen molar-refractivity contribution >= 4 is 15.9 Å². The first-order valence-corrected chi connectivity index (χ1v) is 6.98. The van der Waals surface area contributed by atoms with Gasteiger partial charge in [0.2, 0.25) is 0 Å². The average molecular weight is 273 g/mol. The highest BCUT2D eigenvalue weighted by Gasteiger charge is 2.50. The van der Waals surface area contributed by atoms with Crippen LogP contribution in [0.15, 0.2) is 10.6 Å². The van der Waals surface area contributed by atoms with Gasteiger partial charge in [0.25, 0.3) is 0 Å². The molecule has 86 valence electrons. The summed E-state index contributed by atoms with van der Waals surface area (Å²) in [4.78, 5) is 2.14. The first-order chi connectivity index (χ1) is 7.09. The molecule has 0 aliphatic heterocycles. The molecule has 0 aromatic carbocycles. The first kappa shape index (κ1) is 11.7. The van der Waals surface area contributed by atoms with Gasteiger partial charge in [0.15, 0.2) is 0 Å². The summed E-state index contributed by atoms with van der Waals surface area (Å²) in [6, 6.07) is 0. The van der Waals surface area contributed by atoms with Gasteiger partial charge in [0.05, 0.1) is 6.10 Å². The van der Waals surface area contributed by atoms with Gasteiger partial charge < -0.3 is 5.11 Å². The monoisotopic (exact) mass is 272 g/mol. The molecule has 4 unspecified atom stereocenters. The predicted octanol–water partition coefficient (Wildman–Crippen LogP) is 3.86. The van der Waals surface area contributed by atoms with Gasteiger partial charge in [-0.15, -0.1) is 0 Å². The lowest BCUT2D eigenvalue weighted by molar-refractivity contribution is 0.0303. The van der Waals surface area contributed by atoms with E-state index >= 15 is 0 Å². The van der Waals surface area contributed by atoms with Crippen molar-refractivity contribution in [2.75, 3.05) is 0 Å². The molecule has 2 aliphatic rings. The molecule has 0 amide bonds. The van der Waals surface area contributed by atoms with Crippen LogP contribution in [0.4, 0.5) is 0 Å². The molecule has 0 heterocycles. The molecule has 0 radical (unpaired) electrons. The third-order valence-corrected chi connectivity index (χ3v) is 5.35. The fourth-order valence-electron chi connectivity index (χ4n) is 4.00. The highest BCUT2D eigenvalue weighted by Crippen LogP contribution is 2.58. The average Bonchev–Trinajstić information content (AvgIpc) is 2.54. The number of fused-ring (bicyclic) bond motifs is 1. The van der Waals surface area contributed by atoms with Gasteiger partial charge in [0, 0.05) is 0 Å². The molecule has 0 aromatic rings. The van der Waals surface area contributed by atoms with E-state index in [0.717, 1.165) is 0 Å². The molecular weight excluding hydrogens is 252 g/mol. The lowest BCUT2D eigenvalue weighted by atomic mass is 9.63. The minimum atomic E-state index is -0.144. The van der Waals surface area contributed by atoms with Crippen molar-refractivity contribution in [3.63, 3.8) is 0 Å². The molecule has 2 aliphatic carbocycles. The Labute approximate surface area is 101 Å². The Bertz CT molecular complexity index is 272. The van der Waals surface area contributed by atoms with E-state index in [1.165, 1.54) is 32.1 Å². The van der Waals surface area contributed by atoms with E-state index in [1.54, 1.807) is 5.57 Å². The largest absolute Gasteiger partial charge is 0.393 e. The number of rotatable bonds is 1. The van der Waals surface area contributed by atoms with Gasteiger partial charge in [-0.25, -0.2) is 0 Å². The molecule has 0 saturated heterocycles. The minimum absolute atomic E-state index is 0.144. The van der Waals surface area contributed by atoms with Crippen molar-refractivity contribution in [1.82, 2.24) is 0 Å². The van der Waals surface area contributed by atoms with Crippen LogP contribution in [0.2, 0.25) is 0 Å². The van der Waals surface area contributed by atoms with E-state index in [1.807, 2.05) is 6.92 Å². The second-order valence-corrected chi connectivity index (χ2v) is 5.98. The maximum absolute atomic E-state index is 9.88. The van der Waals surface area contributed by atoms with Crippen molar-refractivity contribution < 1.29 is 5.11 Å². The van der Waals surface area contributed by atoms with Crippen molar-refractivity contribution in [3.05, 3.63) is 10.6 Å². The summed E-state index contributed by atoms with van der Waals surface area (Å²) >= 11 is 3.50. The lowest BCUT2D eigenvalue weighted by Crippen LogP contribution is -2.37. The van der Waals surface area contributed by atoms with Crippen molar-refractivity contribution in [2.24, 2.45) is 17.3 Å². The molecule has 2 rings (SSSR count). The Morgan fingerprint density at radius 3 is 2.87 bits per heavy atom. The summed E-state index contributed by atoms with van der Waals surface area (Å²) in [6.45, 7) is 4.35. The second kappa shape index (κ2) is 4.21. The molecule has 1 nitrogen and oxygen atoms in total. The van der Waals surface area contributed by atoms with E-state index in [4.69, 9.17) is 0 Å². The lowest BCUT2D eigenvalue weighted by Gasteiger charge is -2.43. The Morgan fingerprint density at radius 1 is 1.53 bits per heavy atom. The normalized spacial score (nSPS) is 45.5. The fourth-order valence-corrected chi connectivity index (χ4v) is 4.55. The van der Waals surface area contributed by atoms with E-state index in [2.05, 4.69) is 27.8 Å². The van der Waals surface area contributed by atoms with E-state index in [-0.39, 0.29) is 6.10 Å². The summed E-state index contributed by atoms with van der Waals surface area (Å²) in [6.07, 6.45) is 6.14. The van der Waals surface area contributed by atoms with Crippen LogP contribution < -0.4 is 0 Å². The van der Waals surface area contributed by atoms with Crippen LogP contribution in [0.5, 0.6) is 0 Å². The van der Waals surface area contributed by atoms with E-state index in [0.29, 0.717) is 17.3 Å². The first-order valence-electron chi connectivity index (χ1n) is 6.07. The molecule has 4 atom stereocenters. The summed E-state index contributed by atoms with van der Waals surface area (Å²) in [5.74, 6) is 1.22. The SMILES string of the molecule is CC(O)C1CCC2/C(=C/Br)CCCC21C. The zero-order valence-corrected chi connectivity index (χ0v) is 11.3. The summed E-state index contributed by atoms with van der Waals surface area (Å²) in [5.41, 5.74) is 1.93. The molecule has 0 bridgehead atoms. The standard InChI is InChI=1S/C13H21BrO/c1-9(15)11-5-6-12-10(8-14)4-3-7-13(11,12)2/h8-9,11-12,15H,3-7H2,1-2H3/b10-8+. The van der Waals surface area contributed by atoms with Gasteiger partial charge in [-0.05, 0) is 61.3 Å². The van der Waals surface area contributed by atoms with Gasteiger partial charge in [-0.2, -0.15) is 0 Å². The Morgan fingerprint density at radius 2 is 2.27 bits per heavy atom. The van der Waals surface area contributed by atoms with Crippen molar-refractivity contribution in [1.29, 1.82) is 0 Å². The molecular formula is C13H21BrO. The Kier molecular flexibility index (Phi) is 3.27. The molecule has 15 heavy (non-hydrogen) atoms.